The molecule has 0 spiro atoms. The second-order valence-corrected chi connectivity index (χ2v) is 5.17. The maximum Gasteiger partial charge on any atom is 0.237 e. The highest BCUT2D eigenvalue weighted by molar-refractivity contribution is 5.82. The first-order chi connectivity index (χ1) is 6.38. The van der Waals surface area contributed by atoms with Crippen LogP contribution in [0, 0.1) is 11.3 Å². The molecule has 0 heterocycles. The average Bonchev–Trinajstić information content (AvgIpc) is 2.71. The van der Waals surface area contributed by atoms with Crippen molar-refractivity contribution in [2.75, 3.05) is 0 Å². The van der Waals surface area contributed by atoms with E-state index >= 15 is 0 Å². The molecule has 1 amide bonds. The molecule has 1 saturated carbocycles. The summed E-state index contributed by atoms with van der Waals surface area (Å²) in [6.45, 7) is 8.39. The molecule has 0 saturated heterocycles. The van der Waals surface area contributed by atoms with Crippen molar-refractivity contribution in [2.45, 2.75) is 52.6 Å². The molecule has 1 aliphatic carbocycles. The van der Waals surface area contributed by atoms with Crippen molar-refractivity contribution in [3.63, 3.8) is 0 Å². The minimum Gasteiger partial charge on any atom is -0.351 e. The first-order valence-corrected chi connectivity index (χ1v) is 5.44. The molecule has 14 heavy (non-hydrogen) atoms. The predicted molar refractivity (Wildman–Crippen MR) is 57.8 cm³/mol. The van der Waals surface area contributed by atoms with Gasteiger partial charge in [-0.1, -0.05) is 34.1 Å². The fourth-order valence-corrected chi connectivity index (χ4v) is 1.49. The number of hydrogen-bond acceptors (Lipinski definition) is 2. The van der Waals surface area contributed by atoms with Gasteiger partial charge in [0, 0.05) is 6.04 Å². The van der Waals surface area contributed by atoms with Crippen LogP contribution >= 0.6 is 0 Å². The third-order valence-electron chi connectivity index (χ3n) is 3.39. The lowest BCUT2D eigenvalue weighted by Gasteiger charge is -2.18. The molecule has 3 unspecified atom stereocenters. The summed E-state index contributed by atoms with van der Waals surface area (Å²) in [5, 5.41) is 3.00. The molecule has 1 fully saturated rings. The number of carbonyl (C=O) groups excluding carboxylic acids is 1. The maximum absolute atomic E-state index is 11.6. The Kier molecular flexibility index (Phi) is 3.20. The fourth-order valence-electron chi connectivity index (χ4n) is 1.49. The van der Waals surface area contributed by atoms with Gasteiger partial charge in [-0.15, -0.1) is 0 Å². The van der Waals surface area contributed by atoms with Crippen LogP contribution in [0.5, 0.6) is 0 Å². The van der Waals surface area contributed by atoms with Gasteiger partial charge in [0.25, 0.3) is 0 Å². The Morgan fingerprint density at radius 3 is 2.50 bits per heavy atom. The van der Waals surface area contributed by atoms with Gasteiger partial charge in [0.15, 0.2) is 0 Å². The molecule has 0 radical (unpaired) electrons. The Hall–Kier alpha value is -0.570. The van der Waals surface area contributed by atoms with Gasteiger partial charge < -0.3 is 11.1 Å². The van der Waals surface area contributed by atoms with Crippen molar-refractivity contribution in [1.29, 1.82) is 0 Å². The fraction of sp³-hybridized carbons (Fsp3) is 0.909. The SMILES string of the molecule is CCC(C)C(N)C(=O)NC1CC1(C)C. The number of nitrogens with one attached hydrogen (secondary N) is 1. The Morgan fingerprint density at radius 1 is 1.64 bits per heavy atom. The lowest BCUT2D eigenvalue weighted by molar-refractivity contribution is -0.123. The van der Waals surface area contributed by atoms with Crippen LogP contribution in [0.3, 0.4) is 0 Å². The topological polar surface area (TPSA) is 55.1 Å². The van der Waals surface area contributed by atoms with E-state index in [4.69, 9.17) is 5.73 Å². The van der Waals surface area contributed by atoms with Gasteiger partial charge in [0.05, 0.1) is 6.04 Å². The molecule has 3 heteroatoms. The van der Waals surface area contributed by atoms with Gasteiger partial charge in [0.1, 0.15) is 0 Å². The number of amides is 1. The van der Waals surface area contributed by atoms with Gasteiger partial charge in [-0.2, -0.15) is 0 Å². The molecule has 1 aliphatic rings. The standard InChI is InChI=1S/C11H22N2O/c1-5-7(2)9(12)10(14)13-8-6-11(8,3)4/h7-9H,5-6,12H2,1-4H3,(H,13,14). The van der Waals surface area contributed by atoms with Crippen LogP contribution in [0.1, 0.15) is 40.5 Å². The monoisotopic (exact) mass is 198 g/mol. The average molecular weight is 198 g/mol. The number of rotatable bonds is 4. The third kappa shape index (κ3) is 2.47. The van der Waals surface area contributed by atoms with Crippen LogP contribution in [-0.4, -0.2) is 18.0 Å². The van der Waals surface area contributed by atoms with E-state index in [1.54, 1.807) is 0 Å². The zero-order valence-corrected chi connectivity index (χ0v) is 9.63. The van der Waals surface area contributed by atoms with Gasteiger partial charge in [-0.3, -0.25) is 4.79 Å². The van der Waals surface area contributed by atoms with E-state index in [9.17, 15) is 4.79 Å². The lowest BCUT2D eigenvalue weighted by Crippen LogP contribution is -2.46. The summed E-state index contributed by atoms with van der Waals surface area (Å²) in [5.74, 6) is 0.270. The Labute approximate surface area is 86.4 Å². The quantitative estimate of drug-likeness (QED) is 0.715. The first kappa shape index (κ1) is 11.5. The van der Waals surface area contributed by atoms with E-state index in [2.05, 4.69) is 26.1 Å². The molecule has 3 N–H and O–H groups in total. The molecular formula is C11H22N2O. The van der Waals surface area contributed by atoms with Gasteiger partial charge in [-0.05, 0) is 17.8 Å². The maximum atomic E-state index is 11.6. The van der Waals surface area contributed by atoms with E-state index in [0.717, 1.165) is 12.8 Å². The van der Waals surface area contributed by atoms with Gasteiger partial charge in [0.2, 0.25) is 5.91 Å². The number of hydrogen-bond donors (Lipinski definition) is 2. The third-order valence-corrected chi connectivity index (χ3v) is 3.39. The van der Waals surface area contributed by atoms with Crippen molar-refractivity contribution in [3.8, 4) is 0 Å². The summed E-state index contributed by atoms with van der Waals surface area (Å²) in [6, 6.07) is -0.0125. The molecule has 82 valence electrons. The largest absolute Gasteiger partial charge is 0.351 e. The Balaban J connectivity index is 2.36. The molecule has 0 aromatic carbocycles. The van der Waals surface area contributed by atoms with Crippen LogP contribution < -0.4 is 11.1 Å². The number of carbonyl (C=O) groups is 1. The van der Waals surface area contributed by atoms with Crippen LogP contribution in [0.2, 0.25) is 0 Å². The summed E-state index contributed by atoms with van der Waals surface area (Å²) < 4.78 is 0. The molecule has 3 nitrogen and oxygen atoms in total. The molecular weight excluding hydrogens is 176 g/mol. The van der Waals surface area contributed by atoms with Gasteiger partial charge in [-0.25, -0.2) is 0 Å². The molecule has 0 aromatic rings. The van der Waals surface area contributed by atoms with E-state index in [1.165, 1.54) is 0 Å². The van der Waals surface area contributed by atoms with E-state index in [0.29, 0.717) is 6.04 Å². The Morgan fingerprint density at radius 2 is 2.14 bits per heavy atom. The summed E-state index contributed by atoms with van der Waals surface area (Å²) in [5.41, 5.74) is 6.11. The lowest BCUT2D eigenvalue weighted by atomic mass is 9.99. The van der Waals surface area contributed by atoms with Crippen LogP contribution in [0.4, 0.5) is 0 Å². The van der Waals surface area contributed by atoms with Crippen molar-refractivity contribution in [1.82, 2.24) is 5.32 Å². The van der Waals surface area contributed by atoms with Crippen LogP contribution in [0.15, 0.2) is 0 Å². The van der Waals surface area contributed by atoms with E-state index in [-0.39, 0.29) is 23.3 Å². The second-order valence-electron chi connectivity index (χ2n) is 5.17. The zero-order chi connectivity index (χ0) is 10.9. The molecule has 1 rings (SSSR count). The predicted octanol–water partition coefficient (Wildman–Crippen LogP) is 1.27. The normalized spacial score (nSPS) is 27.9. The minimum absolute atomic E-state index is 0.00919. The summed E-state index contributed by atoms with van der Waals surface area (Å²) in [6.07, 6.45) is 2.02. The summed E-state index contributed by atoms with van der Waals surface area (Å²) >= 11 is 0. The molecule has 3 atom stereocenters. The molecule has 0 aliphatic heterocycles. The van der Waals surface area contributed by atoms with Crippen molar-refractivity contribution >= 4 is 5.91 Å². The summed E-state index contributed by atoms with van der Waals surface area (Å²) in [7, 11) is 0. The molecule has 0 aromatic heterocycles. The zero-order valence-electron chi connectivity index (χ0n) is 9.63. The first-order valence-electron chi connectivity index (χ1n) is 5.44. The van der Waals surface area contributed by atoms with Crippen molar-refractivity contribution in [2.24, 2.45) is 17.1 Å². The summed E-state index contributed by atoms with van der Waals surface area (Å²) in [4.78, 5) is 11.6. The highest BCUT2D eigenvalue weighted by atomic mass is 16.2. The van der Waals surface area contributed by atoms with Crippen LogP contribution in [-0.2, 0) is 4.79 Å². The van der Waals surface area contributed by atoms with Gasteiger partial charge >= 0.3 is 0 Å². The number of nitrogens with two attached hydrogens (primary N) is 1. The highest BCUT2D eigenvalue weighted by Gasteiger charge is 2.47. The molecule has 0 bridgehead atoms. The highest BCUT2D eigenvalue weighted by Crippen LogP contribution is 2.44. The van der Waals surface area contributed by atoms with E-state index in [1.807, 2.05) is 6.92 Å². The van der Waals surface area contributed by atoms with E-state index < -0.39 is 0 Å². The van der Waals surface area contributed by atoms with Crippen molar-refractivity contribution < 1.29 is 4.79 Å². The van der Waals surface area contributed by atoms with Crippen LogP contribution in [0.25, 0.3) is 0 Å². The smallest absolute Gasteiger partial charge is 0.237 e. The Bertz CT molecular complexity index is 225. The van der Waals surface area contributed by atoms with Crippen molar-refractivity contribution in [3.05, 3.63) is 0 Å². The minimum atomic E-state index is -0.351. The second kappa shape index (κ2) is 3.89.